The van der Waals surface area contributed by atoms with E-state index in [4.69, 9.17) is 0 Å². The first-order valence-electron chi connectivity index (χ1n) is 5.37. The largest absolute Gasteiger partial charge is 0.0813 e. The van der Waals surface area contributed by atoms with Crippen molar-refractivity contribution in [3.05, 3.63) is 53.6 Å². The van der Waals surface area contributed by atoms with Gasteiger partial charge < -0.3 is 0 Å². The molecule has 0 saturated heterocycles. The lowest BCUT2D eigenvalue weighted by Crippen LogP contribution is -1.87. The van der Waals surface area contributed by atoms with Crippen molar-refractivity contribution in [2.24, 2.45) is 0 Å². The van der Waals surface area contributed by atoms with Crippen LogP contribution < -0.4 is 0 Å². The van der Waals surface area contributed by atoms with E-state index in [1.807, 2.05) is 0 Å². The predicted octanol–water partition coefficient (Wildman–Crippen LogP) is 4.20. The Labute approximate surface area is 86.0 Å². The Kier molecular flexibility index (Phi) is 3.18. The molecular formula is C14H16. The van der Waals surface area contributed by atoms with Crippen LogP contribution in [-0.2, 0) is 0 Å². The smallest absolute Gasteiger partial charge is 0.0257 e. The van der Waals surface area contributed by atoms with E-state index in [1.54, 1.807) is 0 Å². The van der Waals surface area contributed by atoms with E-state index in [2.05, 4.69) is 48.6 Å². The average Bonchev–Trinajstić information content (AvgIpc) is 2.29. The van der Waals surface area contributed by atoms with E-state index >= 15 is 0 Å². The summed E-state index contributed by atoms with van der Waals surface area (Å²) in [6.45, 7) is 0. The van der Waals surface area contributed by atoms with E-state index in [-0.39, 0.29) is 0 Å². The van der Waals surface area contributed by atoms with Crippen molar-refractivity contribution in [2.75, 3.05) is 0 Å². The van der Waals surface area contributed by atoms with Crippen LogP contribution in [0.4, 0.5) is 0 Å². The van der Waals surface area contributed by atoms with Crippen LogP contribution in [0.1, 0.15) is 31.2 Å². The summed E-state index contributed by atoms with van der Waals surface area (Å²) in [7, 11) is 0. The Morgan fingerprint density at radius 1 is 0.929 bits per heavy atom. The molecule has 0 nitrogen and oxygen atoms in total. The molecule has 0 heteroatoms. The van der Waals surface area contributed by atoms with E-state index in [1.165, 1.54) is 36.8 Å². The summed E-state index contributed by atoms with van der Waals surface area (Å²) in [6.07, 6.45) is 12.1. The molecule has 72 valence electrons. The first-order chi connectivity index (χ1) is 6.95. The Balaban J connectivity index is 2.03. The zero-order valence-electron chi connectivity index (χ0n) is 8.45. The zero-order chi connectivity index (χ0) is 9.64. The normalized spacial score (nSPS) is 17.0. The molecule has 1 aromatic carbocycles. The SMILES string of the molecule is C1=C(/C=C\c2ccccc2)CCCC1. The van der Waals surface area contributed by atoms with Crippen molar-refractivity contribution in [1.82, 2.24) is 0 Å². The molecule has 2 rings (SSSR count). The molecule has 0 fully saturated rings. The van der Waals surface area contributed by atoms with Gasteiger partial charge >= 0.3 is 0 Å². The van der Waals surface area contributed by atoms with Gasteiger partial charge in [-0.15, -0.1) is 0 Å². The van der Waals surface area contributed by atoms with E-state index in [0.29, 0.717) is 0 Å². The predicted molar refractivity (Wildman–Crippen MR) is 62.0 cm³/mol. The third-order valence-electron chi connectivity index (χ3n) is 2.62. The zero-order valence-corrected chi connectivity index (χ0v) is 8.45. The van der Waals surface area contributed by atoms with Crippen LogP contribution in [0.2, 0.25) is 0 Å². The lowest BCUT2D eigenvalue weighted by molar-refractivity contribution is 0.712. The van der Waals surface area contributed by atoms with Gasteiger partial charge in [-0.1, -0.05) is 54.1 Å². The lowest BCUT2D eigenvalue weighted by atomic mass is 9.99. The van der Waals surface area contributed by atoms with Gasteiger partial charge in [-0.3, -0.25) is 0 Å². The third-order valence-corrected chi connectivity index (χ3v) is 2.62. The maximum atomic E-state index is 2.36. The first-order valence-corrected chi connectivity index (χ1v) is 5.37. The Morgan fingerprint density at radius 2 is 1.79 bits per heavy atom. The molecule has 0 unspecified atom stereocenters. The number of allylic oxidation sites excluding steroid dienone is 3. The van der Waals surface area contributed by atoms with Crippen LogP contribution in [-0.4, -0.2) is 0 Å². The van der Waals surface area contributed by atoms with Gasteiger partial charge in [-0.2, -0.15) is 0 Å². The Hall–Kier alpha value is -1.30. The molecule has 0 radical (unpaired) electrons. The molecule has 14 heavy (non-hydrogen) atoms. The Morgan fingerprint density at radius 3 is 2.50 bits per heavy atom. The molecule has 0 amide bonds. The van der Waals surface area contributed by atoms with Gasteiger partial charge in [0, 0.05) is 0 Å². The van der Waals surface area contributed by atoms with Gasteiger partial charge in [0.15, 0.2) is 0 Å². The molecule has 0 aromatic heterocycles. The lowest BCUT2D eigenvalue weighted by Gasteiger charge is -2.07. The van der Waals surface area contributed by atoms with Crippen LogP contribution in [0.5, 0.6) is 0 Å². The average molecular weight is 184 g/mol. The van der Waals surface area contributed by atoms with Crippen LogP contribution in [0.15, 0.2) is 48.1 Å². The molecule has 1 aromatic rings. The van der Waals surface area contributed by atoms with Gasteiger partial charge in [0.2, 0.25) is 0 Å². The highest BCUT2D eigenvalue weighted by Crippen LogP contribution is 2.19. The molecule has 0 N–H and O–H groups in total. The number of rotatable bonds is 2. The highest BCUT2D eigenvalue weighted by atomic mass is 14.0. The van der Waals surface area contributed by atoms with Crippen LogP contribution in [0, 0.1) is 0 Å². The molecule has 1 aliphatic rings. The number of hydrogen-bond donors (Lipinski definition) is 0. The molecule has 0 atom stereocenters. The Bertz CT molecular complexity index is 330. The van der Waals surface area contributed by atoms with Crippen molar-refractivity contribution in [3.8, 4) is 0 Å². The molecule has 0 aliphatic heterocycles. The fourth-order valence-electron chi connectivity index (χ4n) is 1.78. The van der Waals surface area contributed by atoms with Gasteiger partial charge in [-0.05, 0) is 31.2 Å². The minimum atomic E-state index is 1.25. The van der Waals surface area contributed by atoms with Crippen LogP contribution in [0.25, 0.3) is 6.08 Å². The minimum absolute atomic E-state index is 1.25. The third kappa shape index (κ3) is 2.59. The summed E-state index contributed by atoms with van der Waals surface area (Å²) in [5.41, 5.74) is 2.79. The second-order valence-electron chi connectivity index (χ2n) is 3.77. The van der Waals surface area contributed by atoms with Crippen LogP contribution in [0.3, 0.4) is 0 Å². The summed E-state index contributed by atoms with van der Waals surface area (Å²) in [5, 5.41) is 0. The summed E-state index contributed by atoms with van der Waals surface area (Å²) in [4.78, 5) is 0. The van der Waals surface area contributed by atoms with Crippen molar-refractivity contribution >= 4 is 6.08 Å². The van der Waals surface area contributed by atoms with Gasteiger partial charge in [0.1, 0.15) is 0 Å². The van der Waals surface area contributed by atoms with Gasteiger partial charge in [0.25, 0.3) is 0 Å². The summed E-state index contributed by atoms with van der Waals surface area (Å²) < 4.78 is 0. The van der Waals surface area contributed by atoms with Crippen molar-refractivity contribution in [3.63, 3.8) is 0 Å². The number of hydrogen-bond acceptors (Lipinski definition) is 0. The topological polar surface area (TPSA) is 0 Å². The second-order valence-corrected chi connectivity index (χ2v) is 3.77. The molecular weight excluding hydrogens is 168 g/mol. The maximum Gasteiger partial charge on any atom is -0.0257 e. The molecule has 1 aliphatic carbocycles. The fourth-order valence-corrected chi connectivity index (χ4v) is 1.78. The van der Waals surface area contributed by atoms with Gasteiger partial charge in [-0.25, -0.2) is 0 Å². The second kappa shape index (κ2) is 4.80. The van der Waals surface area contributed by atoms with Crippen molar-refractivity contribution in [1.29, 1.82) is 0 Å². The molecule has 0 spiro atoms. The fraction of sp³-hybridized carbons (Fsp3) is 0.286. The number of benzene rings is 1. The van der Waals surface area contributed by atoms with Crippen LogP contribution >= 0.6 is 0 Å². The molecule has 0 heterocycles. The molecule has 0 bridgehead atoms. The monoisotopic (exact) mass is 184 g/mol. The quantitative estimate of drug-likeness (QED) is 0.646. The maximum absolute atomic E-state index is 2.36. The highest BCUT2D eigenvalue weighted by Gasteiger charge is 1.98. The van der Waals surface area contributed by atoms with Crippen molar-refractivity contribution in [2.45, 2.75) is 25.7 Å². The van der Waals surface area contributed by atoms with E-state index < -0.39 is 0 Å². The molecule has 0 saturated carbocycles. The highest BCUT2D eigenvalue weighted by molar-refractivity contribution is 5.52. The summed E-state index contributed by atoms with van der Waals surface area (Å²) >= 11 is 0. The standard InChI is InChI=1S/C14H16/c1-3-7-13(8-4-1)11-12-14-9-5-2-6-10-14/h1,3-4,7-9,11-12H,2,5-6,10H2/b12-11-. The van der Waals surface area contributed by atoms with Crippen molar-refractivity contribution < 1.29 is 0 Å². The summed E-state index contributed by atoms with van der Waals surface area (Å²) in [5.74, 6) is 0. The summed E-state index contributed by atoms with van der Waals surface area (Å²) in [6, 6.07) is 10.5. The van der Waals surface area contributed by atoms with Gasteiger partial charge in [0.05, 0.1) is 0 Å². The van der Waals surface area contributed by atoms with E-state index in [0.717, 1.165) is 0 Å². The van der Waals surface area contributed by atoms with E-state index in [9.17, 15) is 0 Å². The minimum Gasteiger partial charge on any atom is -0.0813 e. The first kappa shape index (κ1) is 9.26.